The molecule has 1 aromatic rings. The predicted molar refractivity (Wildman–Crippen MR) is 147 cm³/mol. The van der Waals surface area contributed by atoms with Crippen molar-refractivity contribution >= 4 is 41.0 Å². The van der Waals surface area contributed by atoms with Crippen molar-refractivity contribution in [2.75, 3.05) is 84.5 Å². The molecule has 208 valence electrons. The highest BCUT2D eigenvalue weighted by Gasteiger charge is 2.18. The molecule has 1 fully saturated rings. The van der Waals surface area contributed by atoms with Gasteiger partial charge in [0.15, 0.2) is 28.4 Å². The molecule has 2 heterocycles. The van der Waals surface area contributed by atoms with Crippen molar-refractivity contribution in [3.63, 3.8) is 0 Å². The molecule has 37 heavy (non-hydrogen) atoms. The number of amides is 2. The Balaban J connectivity index is 1.50. The molecule has 1 aliphatic rings. The number of nitrogen functional groups attached to an aromatic ring is 2. The summed E-state index contributed by atoms with van der Waals surface area (Å²) in [4.78, 5) is 38.7. The average molecular weight is 540 g/mol. The van der Waals surface area contributed by atoms with Gasteiger partial charge in [-0.3, -0.25) is 20.3 Å². The van der Waals surface area contributed by atoms with Crippen molar-refractivity contribution in [1.82, 2.24) is 40.6 Å². The minimum atomic E-state index is -0.678. The molecule has 0 unspecified atom stereocenters. The molecule has 1 aliphatic heterocycles. The molecule has 14 heteroatoms. The maximum atomic E-state index is 12.2. The van der Waals surface area contributed by atoms with Crippen molar-refractivity contribution in [1.29, 1.82) is 5.41 Å². The third kappa shape index (κ3) is 11.9. The average Bonchev–Trinajstić information content (AvgIpc) is 2.84. The van der Waals surface area contributed by atoms with Crippen LogP contribution in [0.15, 0.2) is 0 Å². The summed E-state index contributed by atoms with van der Waals surface area (Å²) in [6, 6.07) is 0. The van der Waals surface area contributed by atoms with Gasteiger partial charge < -0.3 is 36.8 Å². The van der Waals surface area contributed by atoms with Gasteiger partial charge in [0.2, 0.25) is 5.91 Å². The molecule has 0 bridgehead atoms. The summed E-state index contributed by atoms with van der Waals surface area (Å²) >= 11 is 5.79. The zero-order valence-corrected chi connectivity index (χ0v) is 22.7. The van der Waals surface area contributed by atoms with Gasteiger partial charge in [0.1, 0.15) is 0 Å². The number of halogens is 1. The first-order valence-electron chi connectivity index (χ1n) is 12.7. The van der Waals surface area contributed by atoms with Gasteiger partial charge in [-0.05, 0) is 59.4 Å². The van der Waals surface area contributed by atoms with E-state index < -0.39 is 5.91 Å². The first-order valence-corrected chi connectivity index (χ1v) is 13.1. The maximum absolute atomic E-state index is 12.2. The summed E-state index contributed by atoms with van der Waals surface area (Å²) in [5.74, 6) is -0.885. The number of aromatic nitrogens is 2. The molecule has 0 aromatic carbocycles. The summed E-state index contributed by atoms with van der Waals surface area (Å²) in [5, 5.41) is 16.0. The summed E-state index contributed by atoms with van der Waals surface area (Å²) in [6.45, 7) is 8.28. The molecule has 0 radical (unpaired) electrons. The van der Waals surface area contributed by atoms with Crippen LogP contribution in [0.1, 0.15) is 42.6 Å². The van der Waals surface area contributed by atoms with Crippen molar-refractivity contribution in [3.8, 4) is 0 Å². The van der Waals surface area contributed by atoms with Gasteiger partial charge in [0, 0.05) is 45.7 Å². The van der Waals surface area contributed by atoms with Crippen molar-refractivity contribution in [2.24, 2.45) is 0 Å². The molecular weight excluding hydrogens is 498 g/mol. The second kappa shape index (κ2) is 16.2. The van der Waals surface area contributed by atoms with E-state index in [0.717, 1.165) is 78.0 Å². The van der Waals surface area contributed by atoms with E-state index >= 15 is 0 Å². The van der Waals surface area contributed by atoms with Gasteiger partial charge in [-0.15, -0.1) is 0 Å². The minimum absolute atomic E-state index is 0.0588. The number of nitrogens with two attached hydrogens (primary N) is 2. The van der Waals surface area contributed by atoms with Crippen LogP contribution in [0.3, 0.4) is 0 Å². The van der Waals surface area contributed by atoms with Crippen molar-refractivity contribution in [2.45, 2.75) is 32.1 Å². The third-order valence-corrected chi connectivity index (χ3v) is 6.29. The number of hydrogen-bond acceptors (Lipinski definition) is 10. The van der Waals surface area contributed by atoms with Crippen LogP contribution in [-0.2, 0) is 4.79 Å². The summed E-state index contributed by atoms with van der Waals surface area (Å²) in [7, 11) is 4.07. The molecular formula is C23H42ClN11O2. The topological polar surface area (TPSA) is 182 Å². The molecule has 0 spiro atoms. The molecule has 8 N–H and O–H groups in total. The quantitative estimate of drug-likeness (QED) is 0.105. The van der Waals surface area contributed by atoms with E-state index in [1.54, 1.807) is 0 Å². The van der Waals surface area contributed by atoms with Crippen LogP contribution in [0.5, 0.6) is 0 Å². The fraction of sp³-hybridized carbons (Fsp3) is 0.696. The minimum Gasteiger partial charge on any atom is -0.382 e. The number of nitrogens with one attached hydrogen (secondary N) is 4. The van der Waals surface area contributed by atoms with Gasteiger partial charge in [0.05, 0.1) is 0 Å². The molecule has 2 rings (SSSR count). The lowest BCUT2D eigenvalue weighted by molar-refractivity contribution is -0.121. The van der Waals surface area contributed by atoms with Crippen LogP contribution in [0.25, 0.3) is 0 Å². The van der Waals surface area contributed by atoms with Gasteiger partial charge in [-0.1, -0.05) is 11.6 Å². The Kier molecular flexibility index (Phi) is 13.3. The molecule has 1 aromatic heterocycles. The van der Waals surface area contributed by atoms with E-state index in [0.29, 0.717) is 13.0 Å². The van der Waals surface area contributed by atoms with Gasteiger partial charge in [-0.25, -0.2) is 9.97 Å². The van der Waals surface area contributed by atoms with E-state index in [9.17, 15) is 9.59 Å². The zero-order valence-electron chi connectivity index (χ0n) is 22.0. The molecule has 1 saturated heterocycles. The number of guanidine groups is 1. The molecule has 0 saturated carbocycles. The zero-order chi connectivity index (χ0) is 27.2. The van der Waals surface area contributed by atoms with Crippen LogP contribution in [0.2, 0.25) is 5.15 Å². The SMILES string of the molecule is CN(C)CCCNC(=O)CCCN1CCN(CCCCNC(=N)NC(=O)c2nc(Cl)c(N)nc2N)CC1. The van der Waals surface area contributed by atoms with E-state index in [4.69, 9.17) is 28.5 Å². The van der Waals surface area contributed by atoms with E-state index in [2.05, 4.69) is 40.6 Å². The van der Waals surface area contributed by atoms with Crippen LogP contribution in [0, 0.1) is 5.41 Å². The molecule has 0 atom stereocenters. The first kappa shape index (κ1) is 30.5. The Bertz CT molecular complexity index is 892. The van der Waals surface area contributed by atoms with Crippen molar-refractivity contribution in [3.05, 3.63) is 10.8 Å². The second-order valence-electron chi connectivity index (χ2n) is 9.39. The highest BCUT2D eigenvalue weighted by atomic mass is 35.5. The predicted octanol–water partition coefficient (Wildman–Crippen LogP) is -0.206. The van der Waals surface area contributed by atoms with E-state index in [1.165, 1.54) is 0 Å². The highest BCUT2D eigenvalue weighted by Crippen LogP contribution is 2.17. The Morgan fingerprint density at radius 2 is 1.57 bits per heavy atom. The second-order valence-corrected chi connectivity index (χ2v) is 9.75. The Labute approximate surface area is 224 Å². The summed E-state index contributed by atoms with van der Waals surface area (Å²) < 4.78 is 0. The maximum Gasteiger partial charge on any atom is 0.280 e. The standard InChI is InChI=1S/C23H42ClN11O2/c1-33(2)10-6-9-28-17(36)7-5-12-35-15-13-34(14-16-35)11-4-3-8-29-23(27)32-22(37)18-20(25)31-21(26)19(24)30-18/h3-16H2,1-2H3,(H,28,36)(H4,25,26,31)(H3,27,29,32,37). The molecule has 13 nitrogen and oxygen atoms in total. The highest BCUT2D eigenvalue weighted by molar-refractivity contribution is 6.31. The van der Waals surface area contributed by atoms with Gasteiger partial charge >= 0.3 is 0 Å². The van der Waals surface area contributed by atoms with Crippen LogP contribution < -0.4 is 27.4 Å². The van der Waals surface area contributed by atoms with Crippen molar-refractivity contribution < 1.29 is 9.59 Å². The lowest BCUT2D eigenvalue weighted by Crippen LogP contribution is -2.47. The number of unbranched alkanes of at least 4 members (excludes halogenated alkanes) is 1. The number of anilines is 2. The van der Waals surface area contributed by atoms with Crippen LogP contribution in [0.4, 0.5) is 11.6 Å². The fourth-order valence-corrected chi connectivity index (χ4v) is 4.04. The summed E-state index contributed by atoms with van der Waals surface area (Å²) in [6.07, 6.45) is 4.28. The number of carbonyl (C=O) groups excluding carboxylic acids is 2. The lowest BCUT2D eigenvalue weighted by Gasteiger charge is -2.34. The van der Waals surface area contributed by atoms with E-state index in [1.807, 2.05) is 14.1 Å². The van der Waals surface area contributed by atoms with Crippen LogP contribution >= 0.6 is 11.6 Å². The molecule has 0 aliphatic carbocycles. The van der Waals surface area contributed by atoms with E-state index in [-0.39, 0.29) is 34.3 Å². The number of carbonyl (C=O) groups is 2. The Morgan fingerprint density at radius 1 is 0.946 bits per heavy atom. The van der Waals surface area contributed by atoms with Gasteiger partial charge in [0.25, 0.3) is 5.91 Å². The lowest BCUT2D eigenvalue weighted by atomic mass is 10.2. The summed E-state index contributed by atoms with van der Waals surface area (Å²) in [5.41, 5.74) is 11.0. The molecule has 2 amide bonds. The number of hydrogen-bond donors (Lipinski definition) is 6. The first-order chi connectivity index (χ1) is 17.7. The third-order valence-electron chi connectivity index (χ3n) is 6.01. The number of piperazine rings is 1. The number of rotatable bonds is 14. The van der Waals surface area contributed by atoms with Crippen LogP contribution in [-0.4, -0.2) is 115 Å². The monoisotopic (exact) mass is 539 g/mol. The largest absolute Gasteiger partial charge is 0.382 e. The fourth-order valence-electron chi connectivity index (χ4n) is 3.91. The normalized spacial score (nSPS) is 14.5. The number of nitrogens with zero attached hydrogens (tertiary/aromatic N) is 5. The Morgan fingerprint density at radius 3 is 2.22 bits per heavy atom. The Hall–Kier alpha value is -2.74. The van der Waals surface area contributed by atoms with Gasteiger partial charge in [-0.2, -0.15) is 0 Å². The smallest absolute Gasteiger partial charge is 0.280 e.